The Bertz CT molecular complexity index is 584. The van der Waals surface area contributed by atoms with Crippen LogP contribution in [0.4, 0.5) is 0 Å². The molecular weight excluding hydrogens is 278 g/mol. The van der Waals surface area contributed by atoms with Gasteiger partial charge in [0.05, 0.1) is 0 Å². The number of rotatable bonds is 8. The summed E-state index contributed by atoms with van der Waals surface area (Å²) in [5.41, 5.74) is 0.588. The quantitative estimate of drug-likeness (QED) is 0.757. The SMILES string of the molecule is CCOCCCNC(=O)c1cccc(Oc2ccccc2)c1. The summed E-state index contributed by atoms with van der Waals surface area (Å²) >= 11 is 0. The van der Waals surface area contributed by atoms with E-state index < -0.39 is 0 Å². The Kier molecular flexibility index (Phi) is 6.45. The summed E-state index contributed by atoms with van der Waals surface area (Å²) in [6.45, 7) is 3.92. The number of nitrogens with one attached hydrogen (secondary N) is 1. The van der Waals surface area contributed by atoms with Crippen LogP contribution in [-0.2, 0) is 4.74 Å². The summed E-state index contributed by atoms with van der Waals surface area (Å²) in [5, 5.41) is 2.87. The van der Waals surface area contributed by atoms with Gasteiger partial charge in [0.15, 0.2) is 0 Å². The average Bonchev–Trinajstić information content (AvgIpc) is 2.56. The summed E-state index contributed by atoms with van der Waals surface area (Å²) in [5.74, 6) is 1.29. The van der Waals surface area contributed by atoms with E-state index in [1.807, 2.05) is 49.4 Å². The van der Waals surface area contributed by atoms with E-state index in [0.29, 0.717) is 31.1 Å². The highest BCUT2D eigenvalue weighted by Crippen LogP contribution is 2.21. The lowest BCUT2D eigenvalue weighted by molar-refractivity contribution is 0.0944. The molecule has 0 aromatic heterocycles. The minimum absolute atomic E-state index is 0.102. The molecule has 0 aliphatic rings. The molecule has 4 heteroatoms. The van der Waals surface area contributed by atoms with E-state index in [1.54, 1.807) is 12.1 Å². The van der Waals surface area contributed by atoms with Crippen LogP contribution in [-0.4, -0.2) is 25.7 Å². The van der Waals surface area contributed by atoms with Gasteiger partial charge in [-0.25, -0.2) is 0 Å². The molecule has 0 saturated heterocycles. The first-order valence-electron chi connectivity index (χ1n) is 7.48. The van der Waals surface area contributed by atoms with Crippen LogP contribution in [0.1, 0.15) is 23.7 Å². The smallest absolute Gasteiger partial charge is 0.251 e. The average molecular weight is 299 g/mol. The van der Waals surface area contributed by atoms with E-state index in [-0.39, 0.29) is 5.91 Å². The molecule has 2 aromatic carbocycles. The molecule has 0 fully saturated rings. The second-order valence-electron chi connectivity index (χ2n) is 4.75. The molecule has 0 aliphatic heterocycles. The maximum absolute atomic E-state index is 12.1. The lowest BCUT2D eigenvalue weighted by atomic mass is 10.2. The van der Waals surface area contributed by atoms with Crippen LogP contribution < -0.4 is 10.1 Å². The first-order chi connectivity index (χ1) is 10.8. The van der Waals surface area contributed by atoms with Gasteiger partial charge in [0.25, 0.3) is 5.91 Å². The minimum Gasteiger partial charge on any atom is -0.457 e. The molecule has 0 atom stereocenters. The summed E-state index contributed by atoms with van der Waals surface area (Å²) in [4.78, 5) is 12.1. The van der Waals surface area contributed by atoms with Gasteiger partial charge in [0.2, 0.25) is 0 Å². The van der Waals surface area contributed by atoms with Gasteiger partial charge < -0.3 is 14.8 Å². The van der Waals surface area contributed by atoms with Crippen molar-refractivity contribution in [3.8, 4) is 11.5 Å². The summed E-state index contributed by atoms with van der Waals surface area (Å²) in [6.07, 6.45) is 0.805. The number of benzene rings is 2. The maximum Gasteiger partial charge on any atom is 0.251 e. The third kappa shape index (κ3) is 5.22. The largest absolute Gasteiger partial charge is 0.457 e. The van der Waals surface area contributed by atoms with E-state index in [4.69, 9.17) is 9.47 Å². The molecule has 4 nitrogen and oxygen atoms in total. The molecule has 0 heterocycles. The van der Waals surface area contributed by atoms with Crippen molar-refractivity contribution < 1.29 is 14.3 Å². The molecule has 116 valence electrons. The Morgan fingerprint density at radius 1 is 1.05 bits per heavy atom. The fourth-order valence-electron chi connectivity index (χ4n) is 1.95. The van der Waals surface area contributed by atoms with Crippen LogP contribution >= 0.6 is 0 Å². The van der Waals surface area contributed by atoms with Crippen molar-refractivity contribution in [1.82, 2.24) is 5.32 Å². The van der Waals surface area contributed by atoms with Crippen molar-refractivity contribution in [1.29, 1.82) is 0 Å². The normalized spacial score (nSPS) is 10.2. The molecule has 0 bridgehead atoms. The topological polar surface area (TPSA) is 47.6 Å². The number of para-hydroxylation sites is 1. The van der Waals surface area contributed by atoms with Crippen LogP contribution in [0.3, 0.4) is 0 Å². The summed E-state index contributed by atoms with van der Waals surface area (Å²) in [6, 6.07) is 16.7. The van der Waals surface area contributed by atoms with E-state index in [2.05, 4.69) is 5.32 Å². The van der Waals surface area contributed by atoms with Crippen molar-refractivity contribution in [3.63, 3.8) is 0 Å². The van der Waals surface area contributed by atoms with Crippen LogP contribution in [0.25, 0.3) is 0 Å². The lowest BCUT2D eigenvalue weighted by Gasteiger charge is -2.08. The minimum atomic E-state index is -0.102. The molecule has 1 N–H and O–H groups in total. The third-order valence-electron chi connectivity index (χ3n) is 3.03. The highest BCUT2D eigenvalue weighted by molar-refractivity contribution is 5.94. The summed E-state index contributed by atoms with van der Waals surface area (Å²) < 4.78 is 11.0. The number of carbonyl (C=O) groups excluding carboxylic acids is 1. The molecule has 1 amide bonds. The Morgan fingerprint density at radius 2 is 1.82 bits per heavy atom. The lowest BCUT2D eigenvalue weighted by Crippen LogP contribution is -2.25. The van der Waals surface area contributed by atoms with E-state index >= 15 is 0 Å². The van der Waals surface area contributed by atoms with Gasteiger partial charge in [0.1, 0.15) is 11.5 Å². The molecule has 22 heavy (non-hydrogen) atoms. The van der Waals surface area contributed by atoms with Crippen LogP contribution in [0, 0.1) is 0 Å². The Hall–Kier alpha value is -2.33. The monoisotopic (exact) mass is 299 g/mol. The predicted octanol–water partition coefficient (Wildman–Crippen LogP) is 3.64. The molecule has 0 saturated carbocycles. The maximum atomic E-state index is 12.1. The van der Waals surface area contributed by atoms with Crippen molar-refractivity contribution in [2.75, 3.05) is 19.8 Å². The second-order valence-corrected chi connectivity index (χ2v) is 4.75. The number of hydrogen-bond donors (Lipinski definition) is 1. The fourth-order valence-corrected chi connectivity index (χ4v) is 1.95. The zero-order valence-electron chi connectivity index (χ0n) is 12.7. The van der Waals surface area contributed by atoms with Crippen molar-refractivity contribution in [3.05, 3.63) is 60.2 Å². The van der Waals surface area contributed by atoms with Gasteiger partial charge in [-0.05, 0) is 43.7 Å². The van der Waals surface area contributed by atoms with E-state index in [1.165, 1.54) is 0 Å². The van der Waals surface area contributed by atoms with Gasteiger partial charge in [-0.2, -0.15) is 0 Å². The first kappa shape index (κ1) is 16.0. The molecular formula is C18H21NO3. The van der Waals surface area contributed by atoms with Crippen LogP contribution in [0.15, 0.2) is 54.6 Å². The zero-order valence-corrected chi connectivity index (χ0v) is 12.7. The number of amides is 1. The van der Waals surface area contributed by atoms with Gasteiger partial charge in [-0.15, -0.1) is 0 Å². The van der Waals surface area contributed by atoms with Crippen LogP contribution in [0.2, 0.25) is 0 Å². The van der Waals surface area contributed by atoms with Gasteiger partial charge in [-0.1, -0.05) is 24.3 Å². The Labute approximate surface area is 131 Å². The Morgan fingerprint density at radius 3 is 2.59 bits per heavy atom. The van der Waals surface area contributed by atoms with Crippen molar-refractivity contribution in [2.24, 2.45) is 0 Å². The first-order valence-corrected chi connectivity index (χ1v) is 7.48. The molecule has 2 rings (SSSR count). The van der Waals surface area contributed by atoms with Crippen molar-refractivity contribution >= 4 is 5.91 Å². The summed E-state index contributed by atoms with van der Waals surface area (Å²) in [7, 11) is 0. The Balaban J connectivity index is 1.89. The van der Waals surface area contributed by atoms with Crippen LogP contribution in [0.5, 0.6) is 11.5 Å². The highest BCUT2D eigenvalue weighted by atomic mass is 16.5. The molecule has 0 aliphatic carbocycles. The van der Waals surface area contributed by atoms with Gasteiger partial charge >= 0.3 is 0 Å². The second kappa shape index (κ2) is 8.85. The van der Waals surface area contributed by atoms with Gasteiger partial charge in [0, 0.05) is 25.3 Å². The standard InChI is InChI=1S/C18H21NO3/c1-2-21-13-7-12-19-18(20)15-8-6-11-17(14-15)22-16-9-4-3-5-10-16/h3-6,8-11,14H,2,7,12-13H2,1H3,(H,19,20). The molecule has 0 unspecified atom stereocenters. The predicted molar refractivity (Wildman–Crippen MR) is 86.4 cm³/mol. The molecule has 0 radical (unpaired) electrons. The van der Waals surface area contributed by atoms with E-state index in [0.717, 1.165) is 12.2 Å². The fraction of sp³-hybridized carbons (Fsp3) is 0.278. The highest BCUT2D eigenvalue weighted by Gasteiger charge is 2.06. The van der Waals surface area contributed by atoms with Gasteiger partial charge in [-0.3, -0.25) is 4.79 Å². The van der Waals surface area contributed by atoms with Crippen molar-refractivity contribution in [2.45, 2.75) is 13.3 Å². The molecule has 2 aromatic rings. The molecule has 0 spiro atoms. The number of carbonyl (C=O) groups is 1. The van der Waals surface area contributed by atoms with E-state index in [9.17, 15) is 4.79 Å². The third-order valence-corrected chi connectivity index (χ3v) is 3.03. The number of ether oxygens (including phenoxy) is 2. The number of hydrogen-bond acceptors (Lipinski definition) is 3. The zero-order chi connectivity index (χ0) is 15.6.